The SMILES string of the molecule is COc1ccc2c(Oc3cccc(NC(=O)Nc4cc(C(C)(C)C)on4)c3)ncnc2c1. The molecule has 0 saturated carbocycles. The highest BCUT2D eigenvalue weighted by atomic mass is 16.5. The molecule has 0 saturated heterocycles. The molecule has 0 unspecified atom stereocenters. The Morgan fingerprint density at radius 2 is 1.84 bits per heavy atom. The van der Waals surface area contributed by atoms with Crippen LogP contribution in [0.2, 0.25) is 0 Å². The van der Waals surface area contributed by atoms with E-state index in [4.69, 9.17) is 14.0 Å². The molecule has 0 spiro atoms. The number of benzene rings is 2. The molecule has 9 nitrogen and oxygen atoms in total. The van der Waals surface area contributed by atoms with Crippen molar-refractivity contribution in [2.75, 3.05) is 17.7 Å². The maximum atomic E-state index is 12.4. The van der Waals surface area contributed by atoms with Crippen LogP contribution in [0.15, 0.2) is 59.4 Å². The van der Waals surface area contributed by atoms with Gasteiger partial charge in [-0.15, -0.1) is 0 Å². The highest BCUT2D eigenvalue weighted by Gasteiger charge is 2.20. The lowest BCUT2D eigenvalue weighted by atomic mass is 9.93. The minimum Gasteiger partial charge on any atom is -0.497 e. The molecule has 9 heteroatoms. The van der Waals surface area contributed by atoms with Crippen molar-refractivity contribution < 1.29 is 18.8 Å². The minimum atomic E-state index is -0.449. The molecule has 32 heavy (non-hydrogen) atoms. The van der Waals surface area contributed by atoms with Gasteiger partial charge in [-0.2, -0.15) is 0 Å². The highest BCUT2D eigenvalue weighted by Crippen LogP contribution is 2.30. The van der Waals surface area contributed by atoms with Crippen LogP contribution in [0, 0.1) is 0 Å². The summed E-state index contributed by atoms with van der Waals surface area (Å²) in [7, 11) is 1.60. The third-order valence-corrected chi connectivity index (χ3v) is 4.60. The van der Waals surface area contributed by atoms with E-state index >= 15 is 0 Å². The predicted octanol–water partition coefficient (Wildman–Crippen LogP) is 5.36. The minimum absolute atomic E-state index is 0.203. The van der Waals surface area contributed by atoms with Crippen LogP contribution in [-0.4, -0.2) is 28.3 Å². The van der Waals surface area contributed by atoms with E-state index in [2.05, 4.69) is 25.8 Å². The molecular weight excluding hydrogens is 410 g/mol. The Labute approximate surface area is 184 Å². The third-order valence-electron chi connectivity index (χ3n) is 4.60. The fourth-order valence-electron chi connectivity index (χ4n) is 2.94. The van der Waals surface area contributed by atoms with Gasteiger partial charge < -0.3 is 19.3 Å². The number of nitrogens with zero attached hydrogens (tertiary/aromatic N) is 3. The lowest BCUT2D eigenvalue weighted by molar-refractivity contribution is 0.262. The maximum absolute atomic E-state index is 12.4. The van der Waals surface area contributed by atoms with Gasteiger partial charge in [-0.1, -0.05) is 32.0 Å². The van der Waals surface area contributed by atoms with Crippen LogP contribution >= 0.6 is 0 Å². The number of nitrogens with one attached hydrogen (secondary N) is 2. The molecule has 2 aromatic heterocycles. The fraction of sp³-hybridized carbons (Fsp3) is 0.217. The smallest absolute Gasteiger partial charge is 0.324 e. The summed E-state index contributed by atoms with van der Waals surface area (Å²) < 4.78 is 16.5. The van der Waals surface area contributed by atoms with Crippen LogP contribution in [0.25, 0.3) is 10.9 Å². The van der Waals surface area contributed by atoms with E-state index in [1.807, 2.05) is 32.9 Å². The number of carbonyl (C=O) groups excluding carboxylic acids is 1. The van der Waals surface area contributed by atoms with Crippen LogP contribution < -0.4 is 20.1 Å². The van der Waals surface area contributed by atoms with Gasteiger partial charge in [0.25, 0.3) is 0 Å². The average Bonchev–Trinajstić information content (AvgIpc) is 3.22. The molecule has 2 aromatic carbocycles. The number of rotatable bonds is 5. The third kappa shape index (κ3) is 4.77. The van der Waals surface area contributed by atoms with Gasteiger partial charge in [0.1, 0.15) is 23.6 Å². The second-order valence-electron chi connectivity index (χ2n) is 8.10. The molecule has 2 amide bonds. The predicted molar refractivity (Wildman–Crippen MR) is 120 cm³/mol. The van der Waals surface area contributed by atoms with Crippen molar-refractivity contribution in [3.05, 3.63) is 60.6 Å². The summed E-state index contributed by atoms with van der Waals surface area (Å²) in [6.07, 6.45) is 1.43. The van der Waals surface area contributed by atoms with Crippen LogP contribution in [0.1, 0.15) is 26.5 Å². The van der Waals surface area contributed by atoms with E-state index in [1.165, 1.54) is 6.33 Å². The van der Waals surface area contributed by atoms with E-state index in [0.717, 1.165) is 5.39 Å². The van der Waals surface area contributed by atoms with Gasteiger partial charge in [0.2, 0.25) is 5.88 Å². The molecule has 0 bridgehead atoms. The Kier molecular flexibility index (Phi) is 5.63. The zero-order chi connectivity index (χ0) is 22.7. The van der Waals surface area contributed by atoms with E-state index in [0.29, 0.717) is 40.2 Å². The summed E-state index contributed by atoms with van der Waals surface area (Å²) in [5.74, 6) is 2.62. The number of carbonyl (C=O) groups is 1. The first-order valence-corrected chi connectivity index (χ1v) is 9.94. The first-order valence-electron chi connectivity index (χ1n) is 9.94. The molecule has 4 rings (SSSR count). The lowest BCUT2D eigenvalue weighted by Gasteiger charge is -2.12. The van der Waals surface area contributed by atoms with Crippen LogP contribution in [-0.2, 0) is 5.41 Å². The molecule has 0 fully saturated rings. The maximum Gasteiger partial charge on any atom is 0.324 e. The van der Waals surface area contributed by atoms with Crippen molar-refractivity contribution in [2.24, 2.45) is 0 Å². The Balaban J connectivity index is 1.46. The number of methoxy groups -OCH3 is 1. The highest BCUT2D eigenvalue weighted by molar-refractivity contribution is 5.99. The van der Waals surface area contributed by atoms with Crippen molar-refractivity contribution >= 4 is 28.4 Å². The van der Waals surface area contributed by atoms with Crippen LogP contribution in [0.3, 0.4) is 0 Å². The van der Waals surface area contributed by atoms with Gasteiger partial charge in [-0.05, 0) is 24.3 Å². The first-order chi connectivity index (χ1) is 15.3. The van der Waals surface area contributed by atoms with Gasteiger partial charge in [0.15, 0.2) is 5.82 Å². The van der Waals surface area contributed by atoms with Gasteiger partial charge in [0, 0.05) is 29.3 Å². The van der Waals surface area contributed by atoms with E-state index in [1.54, 1.807) is 43.5 Å². The number of urea groups is 1. The monoisotopic (exact) mass is 433 g/mol. The Bertz CT molecular complexity index is 1260. The molecule has 0 atom stereocenters. The topological polar surface area (TPSA) is 111 Å². The average molecular weight is 433 g/mol. The fourth-order valence-corrected chi connectivity index (χ4v) is 2.94. The number of anilines is 2. The Morgan fingerprint density at radius 1 is 1.00 bits per heavy atom. The lowest BCUT2D eigenvalue weighted by Crippen LogP contribution is -2.19. The number of hydrogen-bond acceptors (Lipinski definition) is 7. The standard InChI is InChI=1S/C23H23N5O4/c1-23(2,3)19-12-20(28-32-19)27-22(29)26-14-6-5-7-16(10-14)31-21-17-9-8-15(30-4)11-18(17)24-13-25-21/h5-13H,1-4H3,(H2,26,27,28,29). The van der Waals surface area contributed by atoms with Crippen molar-refractivity contribution in [2.45, 2.75) is 26.2 Å². The summed E-state index contributed by atoms with van der Waals surface area (Å²) in [6, 6.07) is 13.7. The molecule has 4 aromatic rings. The number of fused-ring (bicyclic) bond motifs is 1. The zero-order valence-corrected chi connectivity index (χ0v) is 18.2. The van der Waals surface area contributed by atoms with Gasteiger partial charge >= 0.3 is 6.03 Å². The largest absolute Gasteiger partial charge is 0.497 e. The summed E-state index contributed by atoms with van der Waals surface area (Å²) in [6.45, 7) is 6.00. The van der Waals surface area contributed by atoms with Gasteiger partial charge in [0.05, 0.1) is 18.0 Å². The van der Waals surface area contributed by atoms with E-state index in [9.17, 15) is 4.79 Å². The molecule has 0 radical (unpaired) electrons. The number of aromatic nitrogens is 3. The first kappa shape index (κ1) is 21.1. The second-order valence-corrected chi connectivity index (χ2v) is 8.10. The normalized spacial score (nSPS) is 11.2. The van der Waals surface area contributed by atoms with Crippen molar-refractivity contribution in [1.29, 1.82) is 0 Å². The summed E-state index contributed by atoms with van der Waals surface area (Å²) in [5.41, 5.74) is 1.04. The molecule has 0 aliphatic heterocycles. The number of ether oxygens (including phenoxy) is 2. The van der Waals surface area contributed by atoms with Crippen LogP contribution in [0.5, 0.6) is 17.4 Å². The molecule has 2 heterocycles. The summed E-state index contributed by atoms with van der Waals surface area (Å²) in [5, 5.41) is 10.0. The molecule has 0 aliphatic carbocycles. The quantitative estimate of drug-likeness (QED) is 0.436. The van der Waals surface area contributed by atoms with Gasteiger partial charge in [-0.25, -0.2) is 14.8 Å². The summed E-state index contributed by atoms with van der Waals surface area (Å²) >= 11 is 0. The van der Waals surface area contributed by atoms with E-state index in [-0.39, 0.29) is 5.41 Å². The Hall–Kier alpha value is -4.14. The van der Waals surface area contributed by atoms with Gasteiger partial charge in [-0.3, -0.25) is 5.32 Å². The number of hydrogen-bond donors (Lipinski definition) is 2. The number of amides is 2. The molecule has 0 aliphatic rings. The molecule has 164 valence electrons. The molecular formula is C23H23N5O4. The summed E-state index contributed by atoms with van der Waals surface area (Å²) in [4.78, 5) is 20.9. The van der Waals surface area contributed by atoms with Crippen molar-refractivity contribution in [1.82, 2.24) is 15.1 Å². The van der Waals surface area contributed by atoms with E-state index < -0.39 is 6.03 Å². The second kappa shape index (κ2) is 8.54. The van der Waals surface area contributed by atoms with Crippen LogP contribution in [0.4, 0.5) is 16.3 Å². The van der Waals surface area contributed by atoms with Crippen molar-refractivity contribution in [3.63, 3.8) is 0 Å². The Morgan fingerprint density at radius 3 is 2.59 bits per heavy atom. The molecule has 2 N–H and O–H groups in total. The zero-order valence-electron chi connectivity index (χ0n) is 18.2. The van der Waals surface area contributed by atoms with Crippen molar-refractivity contribution in [3.8, 4) is 17.4 Å².